The Balaban J connectivity index is 1.40. The highest BCUT2D eigenvalue weighted by Gasteiger charge is 2.49. The smallest absolute Gasteiger partial charge is 0.317 e. The molecule has 1 N–H and O–H groups in total. The number of urea groups is 1. The second kappa shape index (κ2) is 8.03. The fraction of sp³-hybridized carbons (Fsp3) is 0.950. The lowest BCUT2D eigenvalue weighted by Crippen LogP contribution is -2.60. The molecular formula is C20H35N3O3. The van der Waals surface area contributed by atoms with Crippen LogP contribution in [0.5, 0.6) is 0 Å². The van der Waals surface area contributed by atoms with Crippen LogP contribution < -0.4 is 5.32 Å². The van der Waals surface area contributed by atoms with Crippen LogP contribution in [-0.2, 0) is 9.47 Å². The quantitative estimate of drug-likeness (QED) is 0.835. The maximum absolute atomic E-state index is 12.7. The van der Waals surface area contributed by atoms with Crippen LogP contribution in [-0.4, -0.2) is 73.1 Å². The molecule has 1 aliphatic carbocycles. The SMILES string of the molecule is CCCN1C[C@@H](NC(=O)N2CCCCC2)C[C@@H]2CC3(CC[C@H]21)OCCO3. The summed E-state index contributed by atoms with van der Waals surface area (Å²) in [6, 6.07) is 1.01. The van der Waals surface area contributed by atoms with E-state index in [1.807, 2.05) is 4.90 Å². The molecular weight excluding hydrogens is 330 g/mol. The van der Waals surface area contributed by atoms with E-state index in [0.29, 0.717) is 12.0 Å². The molecule has 6 nitrogen and oxygen atoms in total. The zero-order valence-corrected chi connectivity index (χ0v) is 16.3. The van der Waals surface area contributed by atoms with Gasteiger partial charge in [0.1, 0.15) is 0 Å². The van der Waals surface area contributed by atoms with Crippen LogP contribution in [0, 0.1) is 5.92 Å². The Labute approximate surface area is 157 Å². The molecule has 0 aromatic rings. The first-order chi connectivity index (χ1) is 12.7. The first kappa shape index (κ1) is 18.5. The summed E-state index contributed by atoms with van der Waals surface area (Å²) in [5.41, 5.74) is 0. The number of nitrogens with one attached hydrogen (secondary N) is 1. The van der Waals surface area contributed by atoms with Crippen LogP contribution in [0.15, 0.2) is 0 Å². The summed E-state index contributed by atoms with van der Waals surface area (Å²) in [4.78, 5) is 17.3. The minimum atomic E-state index is -0.335. The summed E-state index contributed by atoms with van der Waals surface area (Å²) in [5.74, 6) is 0.214. The molecule has 0 aromatic heterocycles. The molecule has 4 fully saturated rings. The number of carbonyl (C=O) groups is 1. The average molecular weight is 366 g/mol. The molecule has 0 radical (unpaired) electrons. The van der Waals surface area contributed by atoms with E-state index in [4.69, 9.17) is 9.47 Å². The standard InChI is InChI=1S/C20H35N3O3/c1-2-8-23-15-17(21-19(24)22-9-4-3-5-10-22)13-16-14-20(7-6-18(16)23)25-11-12-26-20/h16-18H,2-15H2,1H3,(H,21,24)/t16-,17+,18-/m1/s1. The number of hydrogen-bond acceptors (Lipinski definition) is 4. The van der Waals surface area contributed by atoms with E-state index >= 15 is 0 Å². The van der Waals surface area contributed by atoms with Gasteiger partial charge in [-0.25, -0.2) is 4.79 Å². The number of amides is 2. The topological polar surface area (TPSA) is 54.0 Å². The van der Waals surface area contributed by atoms with E-state index in [0.717, 1.165) is 84.3 Å². The van der Waals surface area contributed by atoms with Crippen molar-refractivity contribution in [3.63, 3.8) is 0 Å². The fourth-order valence-electron chi connectivity index (χ4n) is 5.59. The third kappa shape index (κ3) is 3.87. The molecule has 148 valence electrons. The van der Waals surface area contributed by atoms with E-state index in [-0.39, 0.29) is 17.9 Å². The summed E-state index contributed by atoms with van der Waals surface area (Å²) in [7, 11) is 0. The van der Waals surface area contributed by atoms with Gasteiger partial charge in [0.15, 0.2) is 5.79 Å². The van der Waals surface area contributed by atoms with Crippen molar-refractivity contribution in [2.75, 3.05) is 39.4 Å². The van der Waals surface area contributed by atoms with Crippen molar-refractivity contribution in [2.45, 2.75) is 76.2 Å². The second-order valence-electron chi connectivity index (χ2n) is 8.60. The monoisotopic (exact) mass is 365 g/mol. The predicted molar refractivity (Wildman–Crippen MR) is 100.0 cm³/mol. The molecule has 1 spiro atoms. The Bertz CT molecular complexity index is 489. The number of carbonyl (C=O) groups excluding carboxylic acids is 1. The normalized spacial score (nSPS) is 34.7. The lowest BCUT2D eigenvalue weighted by Gasteiger charge is -2.51. The third-order valence-electron chi connectivity index (χ3n) is 6.74. The molecule has 3 atom stereocenters. The van der Waals surface area contributed by atoms with Gasteiger partial charge in [-0.05, 0) is 51.0 Å². The number of fused-ring (bicyclic) bond motifs is 1. The first-order valence-corrected chi connectivity index (χ1v) is 10.8. The van der Waals surface area contributed by atoms with Crippen molar-refractivity contribution >= 4 is 6.03 Å². The van der Waals surface area contributed by atoms with E-state index in [2.05, 4.69) is 17.1 Å². The fourth-order valence-corrected chi connectivity index (χ4v) is 5.59. The number of piperidine rings is 2. The molecule has 0 bridgehead atoms. The molecule has 3 heterocycles. The Morgan fingerprint density at radius 2 is 1.96 bits per heavy atom. The van der Waals surface area contributed by atoms with Crippen LogP contribution in [0.1, 0.15) is 58.3 Å². The molecule has 0 unspecified atom stereocenters. The lowest BCUT2D eigenvalue weighted by atomic mass is 9.74. The van der Waals surface area contributed by atoms with Gasteiger partial charge in [0.05, 0.1) is 13.2 Å². The molecule has 1 saturated carbocycles. The Hall–Kier alpha value is -0.850. The third-order valence-corrected chi connectivity index (χ3v) is 6.74. The van der Waals surface area contributed by atoms with Gasteiger partial charge in [-0.1, -0.05) is 6.92 Å². The lowest BCUT2D eigenvalue weighted by molar-refractivity contribution is -0.201. The molecule has 3 saturated heterocycles. The number of nitrogens with zero attached hydrogens (tertiary/aromatic N) is 2. The van der Waals surface area contributed by atoms with E-state index in [1.54, 1.807) is 0 Å². The molecule has 0 aromatic carbocycles. The van der Waals surface area contributed by atoms with Crippen molar-refractivity contribution in [1.29, 1.82) is 0 Å². The van der Waals surface area contributed by atoms with Crippen LogP contribution in [0.4, 0.5) is 4.79 Å². The van der Waals surface area contributed by atoms with Crippen molar-refractivity contribution in [3.8, 4) is 0 Å². The van der Waals surface area contributed by atoms with Gasteiger partial charge in [0, 0.05) is 44.6 Å². The minimum absolute atomic E-state index is 0.142. The summed E-state index contributed by atoms with van der Waals surface area (Å²) < 4.78 is 12.0. The van der Waals surface area contributed by atoms with Gasteiger partial charge in [-0.15, -0.1) is 0 Å². The highest BCUT2D eigenvalue weighted by atomic mass is 16.7. The van der Waals surface area contributed by atoms with E-state index in [1.165, 1.54) is 6.42 Å². The molecule has 6 heteroatoms. The molecule has 4 rings (SSSR count). The highest BCUT2D eigenvalue weighted by molar-refractivity contribution is 5.74. The largest absolute Gasteiger partial charge is 0.348 e. The van der Waals surface area contributed by atoms with Crippen LogP contribution in [0.2, 0.25) is 0 Å². The Kier molecular flexibility index (Phi) is 5.72. The number of hydrogen-bond donors (Lipinski definition) is 1. The van der Waals surface area contributed by atoms with Gasteiger partial charge < -0.3 is 19.7 Å². The summed E-state index contributed by atoms with van der Waals surface area (Å²) >= 11 is 0. The van der Waals surface area contributed by atoms with Crippen molar-refractivity contribution in [2.24, 2.45) is 5.92 Å². The average Bonchev–Trinajstić information content (AvgIpc) is 3.10. The summed E-state index contributed by atoms with van der Waals surface area (Å²) in [6.07, 6.45) is 8.89. The second-order valence-corrected chi connectivity index (χ2v) is 8.60. The number of rotatable bonds is 3. The van der Waals surface area contributed by atoms with Crippen LogP contribution >= 0.6 is 0 Å². The van der Waals surface area contributed by atoms with Crippen LogP contribution in [0.25, 0.3) is 0 Å². The van der Waals surface area contributed by atoms with Gasteiger partial charge >= 0.3 is 6.03 Å². The minimum Gasteiger partial charge on any atom is -0.348 e. The highest BCUT2D eigenvalue weighted by Crippen LogP contribution is 2.44. The van der Waals surface area contributed by atoms with Crippen molar-refractivity contribution in [1.82, 2.24) is 15.1 Å². The number of likely N-dealkylation sites (tertiary alicyclic amines) is 2. The van der Waals surface area contributed by atoms with Crippen LogP contribution in [0.3, 0.4) is 0 Å². The van der Waals surface area contributed by atoms with E-state index in [9.17, 15) is 4.79 Å². The summed E-state index contributed by atoms with van der Waals surface area (Å²) in [5, 5.41) is 3.35. The first-order valence-electron chi connectivity index (χ1n) is 10.8. The molecule has 4 aliphatic rings. The van der Waals surface area contributed by atoms with Crippen molar-refractivity contribution in [3.05, 3.63) is 0 Å². The zero-order chi connectivity index (χ0) is 18.0. The molecule has 3 aliphatic heterocycles. The number of ether oxygens (including phenoxy) is 2. The maximum atomic E-state index is 12.7. The van der Waals surface area contributed by atoms with Gasteiger partial charge in [0.2, 0.25) is 0 Å². The predicted octanol–water partition coefficient (Wildman–Crippen LogP) is 2.58. The zero-order valence-electron chi connectivity index (χ0n) is 16.3. The van der Waals surface area contributed by atoms with Gasteiger partial charge in [0.25, 0.3) is 0 Å². The summed E-state index contributed by atoms with van der Waals surface area (Å²) in [6.45, 7) is 7.63. The Morgan fingerprint density at radius 3 is 2.69 bits per heavy atom. The molecule has 2 amide bonds. The Morgan fingerprint density at radius 1 is 1.19 bits per heavy atom. The van der Waals surface area contributed by atoms with Crippen molar-refractivity contribution < 1.29 is 14.3 Å². The maximum Gasteiger partial charge on any atom is 0.317 e. The molecule has 26 heavy (non-hydrogen) atoms. The van der Waals surface area contributed by atoms with Gasteiger partial charge in [-0.3, -0.25) is 4.90 Å². The van der Waals surface area contributed by atoms with E-state index < -0.39 is 0 Å². The van der Waals surface area contributed by atoms with Gasteiger partial charge in [-0.2, -0.15) is 0 Å².